The van der Waals surface area contributed by atoms with Gasteiger partial charge in [0, 0.05) is 10.0 Å². The minimum Gasteiger partial charge on any atom is -0.482 e. The molecule has 3 aromatic rings. The van der Waals surface area contributed by atoms with Crippen molar-refractivity contribution in [2.75, 3.05) is 13.7 Å². The normalized spacial score (nSPS) is 11.7. The first kappa shape index (κ1) is 21.6. The number of carbonyl (C=O) groups excluding carboxylic acids is 2. The van der Waals surface area contributed by atoms with E-state index in [1.54, 1.807) is 22.8 Å². The van der Waals surface area contributed by atoms with Crippen LogP contribution in [0.2, 0.25) is 15.1 Å². The number of esters is 1. The van der Waals surface area contributed by atoms with Gasteiger partial charge in [0.25, 0.3) is 5.91 Å². The summed E-state index contributed by atoms with van der Waals surface area (Å²) in [7, 11) is 1.29. The summed E-state index contributed by atoms with van der Waals surface area (Å²) >= 11 is 19.4. The van der Waals surface area contributed by atoms with E-state index in [-0.39, 0.29) is 18.2 Å². The second kappa shape index (κ2) is 9.17. The van der Waals surface area contributed by atoms with Crippen LogP contribution in [0.4, 0.5) is 0 Å². The summed E-state index contributed by atoms with van der Waals surface area (Å²) in [5.41, 5.74) is 1.50. The summed E-state index contributed by atoms with van der Waals surface area (Å²) in [6, 6.07) is 8.27. The van der Waals surface area contributed by atoms with Gasteiger partial charge in [-0.3, -0.25) is 9.59 Å². The molecular weight excluding hydrogens is 459 g/mol. The Morgan fingerprint density at radius 1 is 1.14 bits per heavy atom. The van der Waals surface area contributed by atoms with Crippen LogP contribution < -0.4 is 9.54 Å². The van der Waals surface area contributed by atoms with Crippen molar-refractivity contribution >= 4 is 68.2 Å². The first-order valence-electron chi connectivity index (χ1n) is 8.31. The van der Waals surface area contributed by atoms with Crippen molar-refractivity contribution in [3.8, 4) is 5.75 Å². The largest absolute Gasteiger partial charge is 0.482 e. The molecule has 0 unspecified atom stereocenters. The first-order chi connectivity index (χ1) is 13.8. The van der Waals surface area contributed by atoms with Crippen LogP contribution in [-0.2, 0) is 20.9 Å². The van der Waals surface area contributed by atoms with Gasteiger partial charge < -0.3 is 14.0 Å². The van der Waals surface area contributed by atoms with Gasteiger partial charge in [-0.2, -0.15) is 4.99 Å². The number of rotatable bonds is 5. The fraction of sp³-hybridized carbons (Fsp3) is 0.211. The van der Waals surface area contributed by atoms with E-state index in [9.17, 15) is 9.59 Å². The molecule has 1 amide bonds. The van der Waals surface area contributed by atoms with E-state index in [0.29, 0.717) is 20.6 Å². The lowest BCUT2D eigenvalue weighted by molar-refractivity contribution is -0.141. The number of carbonyl (C=O) groups is 2. The van der Waals surface area contributed by atoms with Crippen molar-refractivity contribution in [1.82, 2.24) is 4.57 Å². The molecule has 152 valence electrons. The molecule has 0 aliphatic heterocycles. The van der Waals surface area contributed by atoms with E-state index in [2.05, 4.69) is 4.99 Å². The topological polar surface area (TPSA) is 69.9 Å². The number of fused-ring (bicyclic) bond motifs is 1. The molecule has 1 heterocycles. The summed E-state index contributed by atoms with van der Waals surface area (Å²) in [4.78, 5) is 28.7. The van der Waals surface area contributed by atoms with Crippen LogP contribution in [0.3, 0.4) is 0 Å². The van der Waals surface area contributed by atoms with Gasteiger partial charge in [0.05, 0.1) is 22.3 Å². The smallest absolute Gasteiger partial charge is 0.325 e. The molecule has 2 aromatic carbocycles. The van der Waals surface area contributed by atoms with Crippen LogP contribution >= 0.6 is 46.1 Å². The number of halogens is 3. The van der Waals surface area contributed by atoms with Crippen molar-refractivity contribution in [2.24, 2.45) is 4.99 Å². The summed E-state index contributed by atoms with van der Waals surface area (Å²) in [5.74, 6) is -0.687. The molecule has 0 spiro atoms. The van der Waals surface area contributed by atoms with Crippen LogP contribution in [0, 0.1) is 6.92 Å². The molecular formula is C19H15Cl3N2O4S. The van der Waals surface area contributed by atoms with Crippen LogP contribution in [0.15, 0.2) is 35.3 Å². The summed E-state index contributed by atoms with van der Waals surface area (Å²) in [6.07, 6.45) is 0. The summed E-state index contributed by atoms with van der Waals surface area (Å²) in [6.45, 7) is 1.41. The highest BCUT2D eigenvalue weighted by atomic mass is 35.5. The highest BCUT2D eigenvalue weighted by Gasteiger charge is 2.15. The van der Waals surface area contributed by atoms with Crippen LogP contribution in [0.25, 0.3) is 10.2 Å². The predicted octanol–water partition coefficient (Wildman–Crippen LogP) is 4.65. The van der Waals surface area contributed by atoms with E-state index in [0.717, 1.165) is 15.8 Å². The number of aryl methyl sites for hydroxylation is 1. The minimum absolute atomic E-state index is 0.104. The lowest BCUT2D eigenvalue weighted by Gasteiger charge is -2.07. The SMILES string of the molecule is COC(=O)Cn1c(=NC(=O)COc2ccc(Cl)cc2Cl)sc2ccc(Cl)c(C)c21. The minimum atomic E-state index is -0.537. The Morgan fingerprint density at radius 3 is 2.59 bits per heavy atom. The number of thiazole rings is 1. The third-order valence-corrected chi connectivity index (χ3v) is 5.99. The zero-order valence-corrected chi connectivity index (χ0v) is 18.5. The van der Waals surface area contributed by atoms with Crippen molar-refractivity contribution in [3.05, 3.63) is 55.8 Å². The second-order valence-corrected chi connectivity index (χ2v) is 8.19. The molecule has 1 aromatic heterocycles. The van der Waals surface area contributed by atoms with Gasteiger partial charge in [-0.05, 0) is 42.8 Å². The molecule has 6 nitrogen and oxygen atoms in total. The number of amides is 1. The van der Waals surface area contributed by atoms with Crippen molar-refractivity contribution in [3.63, 3.8) is 0 Å². The maximum atomic E-state index is 12.4. The second-order valence-electron chi connectivity index (χ2n) is 5.94. The van der Waals surface area contributed by atoms with E-state index in [1.807, 2.05) is 13.0 Å². The fourth-order valence-corrected chi connectivity index (χ4v) is 4.33. The Morgan fingerprint density at radius 2 is 1.90 bits per heavy atom. The van der Waals surface area contributed by atoms with E-state index in [1.165, 1.54) is 24.5 Å². The summed E-state index contributed by atoms with van der Waals surface area (Å²) < 4.78 is 12.6. The highest BCUT2D eigenvalue weighted by molar-refractivity contribution is 7.16. The van der Waals surface area contributed by atoms with Gasteiger partial charge in [-0.25, -0.2) is 0 Å². The Kier molecular flexibility index (Phi) is 6.85. The van der Waals surface area contributed by atoms with Gasteiger partial charge >= 0.3 is 5.97 Å². The van der Waals surface area contributed by atoms with Crippen LogP contribution in [0.1, 0.15) is 5.56 Å². The quantitative estimate of drug-likeness (QED) is 0.506. The number of aromatic nitrogens is 1. The Bertz CT molecular complexity index is 1170. The van der Waals surface area contributed by atoms with Crippen LogP contribution in [0.5, 0.6) is 5.75 Å². The fourth-order valence-electron chi connectivity index (χ4n) is 2.61. The van der Waals surface area contributed by atoms with Crippen molar-refractivity contribution in [2.45, 2.75) is 13.5 Å². The lowest BCUT2D eigenvalue weighted by Crippen LogP contribution is -2.24. The molecule has 0 atom stereocenters. The first-order valence-corrected chi connectivity index (χ1v) is 10.3. The van der Waals surface area contributed by atoms with E-state index >= 15 is 0 Å². The molecule has 0 fully saturated rings. The van der Waals surface area contributed by atoms with Gasteiger partial charge in [0.1, 0.15) is 12.3 Å². The molecule has 0 aliphatic carbocycles. The molecule has 0 N–H and O–H groups in total. The third kappa shape index (κ3) is 4.93. The molecule has 3 rings (SSSR count). The average molecular weight is 474 g/mol. The number of benzene rings is 2. The van der Waals surface area contributed by atoms with Gasteiger partial charge in [0.15, 0.2) is 11.4 Å². The Balaban J connectivity index is 1.95. The molecule has 0 bridgehead atoms. The van der Waals surface area contributed by atoms with Gasteiger partial charge in [0.2, 0.25) is 0 Å². The zero-order valence-electron chi connectivity index (χ0n) is 15.4. The molecule has 0 saturated heterocycles. The molecule has 0 radical (unpaired) electrons. The number of methoxy groups -OCH3 is 1. The number of hydrogen-bond donors (Lipinski definition) is 0. The predicted molar refractivity (Wildman–Crippen MR) is 114 cm³/mol. The maximum Gasteiger partial charge on any atom is 0.325 e. The molecule has 10 heteroatoms. The number of ether oxygens (including phenoxy) is 2. The van der Waals surface area contributed by atoms with E-state index < -0.39 is 11.9 Å². The monoisotopic (exact) mass is 472 g/mol. The zero-order chi connectivity index (χ0) is 21.1. The van der Waals surface area contributed by atoms with Gasteiger partial charge in [-0.1, -0.05) is 46.1 Å². The Hall–Kier alpha value is -2.06. The summed E-state index contributed by atoms with van der Waals surface area (Å²) in [5, 5.41) is 1.30. The van der Waals surface area contributed by atoms with Crippen LogP contribution in [-0.4, -0.2) is 30.2 Å². The van der Waals surface area contributed by atoms with Crippen molar-refractivity contribution < 1.29 is 19.1 Å². The lowest BCUT2D eigenvalue weighted by atomic mass is 10.2. The molecule has 29 heavy (non-hydrogen) atoms. The number of nitrogens with zero attached hydrogens (tertiary/aromatic N) is 2. The Labute approximate surface area is 185 Å². The van der Waals surface area contributed by atoms with E-state index in [4.69, 9.17) is 44.3 Å². The average Bonchev–Trinajstić information content (AvgIpc) is 3.01. The standard InChI is InChI=1S/C19H15Cl3N2O4S/c1-10-12(21)4-6-15-18(10)24(8-17(26)27-2)19(29-15)23-16(25)9-28-14-5-3-11(20)7-13(14)22/h3-7H,8-9H2,1-2H3. The van der Waals surface area contributed by atoms with Gasteiger partial charge in [-0.15, -0.1) is 0 Å². The molecule has 0 saturated carbocycles. The van der Waals surface area contributed by atoms with Crippen molar-refractivity contribution in [1.29, 1.82) is 0 Å². The highest BCUT2D eigenvalue weighted by Crippen LogP contribution is 2.28. The maximum absolute atomic E-state index is 12.4. The molecule has 0 aliphatic rings. The third-order valence-electron chi connectivity index (χ3n) is 4.01. The number of hydrogen-bond acceptors (Lipinski definition) is 5.